The summed E-state index contributed by atoms with van der Waals surface area (Å²) in [5, 5.41) is 6.81. The summed E-state index contributed by atoms with van der Waals surface area (Å²) in [6.07, 6.45) is -1.64. The molecule has 24 heavy (non-hydrogen) atoms. The third-order valence-corrected chi connectivity index (χ3v) is 4.01. The maximum atomic E-state index is 13.2. The van der Waals surface area contributed by atoms with Crippen molar-refractivity contribution in [1.82, 2.24) is 20.0 Å². The Labute approximate surface area is 141 Å². The number of carbonyl (C=O) groups excluding carboxylic acids is 1. The molecule has 0 radical (unpaired) electrons. The monoisotopic (exact) mass is 344 g/mol. The summed E-state index contributed by atoms with van der Waals surface area (Å²) in [5.74, 6) is -0.339. The van der Waals surface area contributed by atoms with Crippen LogP contribution in [0.3, 0.4) is 0 Å². The van der Waals surface area contributed by atoms with E-state index in [9.17, 15) is 13.6 Å². The van der Waals surface area contributed by atoms with Crippen LogP contribution in [0.1, 0.15) is 43.2 Å². The number of rotatable bonds is 6. The summed E-state index contributed by atoms with van der Waals surface area (Å²) in [4.78, 5) is 14.5. The lowest BCUT2D eigenvalue weighted by Crippen LogP contribution is -2.51. The Bertz CT molecular complexity index is 562. The van der Waals surface area contributed by atoms with Crippen molar-refractivity contribution in [3.8, 4) is 0 Å². The second-order valence-electron chi connectivity index (χ2n) is 6.78. The van der Waals surface area contributed by atoms with Crippen molar-refractivity contribution in [2.24, 2.45) is 5.92 Å². The van der Waals surface area contributed by atoms with Crippen LogP contribution in [0.25, 0.3) is 0 Å². The normalized spacial score (nSPS) is 20.6. The van der Waals surface area contributed by atoms with Crippen molar-refractivity contribution in [2.75, 3.05) is 26.7 Å². The highest BCUT2D eigenvalue weighted by molar-refractivity contribution is 5.94. The molecule has 2 rings (SSSR count). The van der Waals surface area contributed by atoms with Crippen LogP contribution < -0.4 is 5.32 Å². The maximum Gasteiger partial charge on any atom is 0.272 e. The van der Waals surface area contributed by atoms with Crippen LogP contribution in [0.15, 0.2) is 6.20 Å². The van der Waals surface area contributed by atoms with Crippen molar-refractivity contribution >= 4 is 5.91 Å². The van der Waals surface area contributed by atoms with Gasteiger partial charge in [0.05, 0.1) is 24.3 Å². The molecule has 0 aliphatic carbocycles. The zero-order valence-corrected chi connectivity index (χ0v) is 14.6. The third kappa shape index (κ3) is 4.73. The second kappa shape index (κ2) is 8.02. The Morgan fingerprint density at radius 1 is 1.46 bits per heavy atom. The number of halogens is 2. The number of amides is 1. The van der Waals surface area contributed by atoms with Gasteiger partial charge in [0.15, 0.2) is 5.69 Å². The van der Waals surface area contributed by atoms with E-state index in [1.807, 2.05) is 27.8 Å². The van der Waals surface area contributed by atoms with Crippen LogP contribution in [0.4, 0.5) is 8.78 Å². The number of nitrogens with one attached hydrogen (secondary N) is 1. The fourth-order valence-corrected chi connectivity index (χ4v) is 2.72. The van der Waals surface area contributed by atoms with Crippen LogP contribution in [-0.4, -0.2) is 59.5 Å². The first kappa shape index (κ1) is 18.8. The van der Waals surface area contributed by atoms with E-state index in [-0.39, 0.29) is 29.3 Å². The van der Waals surface area contributed by atoms with E-state index >= 15 is 0 Å². The molecule has 1 saturated heterocycles. The molecule has 1 fully saturated rings. The first-order chi connectivity index (χ1) is 11.3. The van der Waals surface area contributed by atoms with E-state index in [2.05, 4.69) is 15.3 Å². The van der Waals surface area contributed by atoms with Gasteiger partial charge in [-0.2, -0.15) is 5.10 Å². The topological polar surface area (TPSA) is 59.4 Å². The average Bonchev–Trinajstić information content (AvgIpc) is 2.90. The zero-order chi connectivity index (χ0) is 17.9. The van der Waals surface area contributed by atoms with Gasteiger partial charge in [0.2, 0.25) is 0 Å². The molecule has 1 aliphatic rings. The van der Waals surface area contributed by atoms with E-state index in [0.29, 0.717) is 19.7 Å². The van der Waals surface area contributed by atoms with E-state index in [1.54, 1.807) is 0 Å². The van der Waals surface area contributed by atoms with Gasteiger partial charge in [-0.05, 0) is 19.9 Å². The number of hydrogen-bond acceptors (Lipinski definition) is 4. The number of morpholine rings is 1. The number of alkyl halides is 2. The summed E-state index contributed by atoms with van der Waals surface area (Å²) in [6.45, 7) is 8.34. The Kier molecular flexibility index (Phi) is 6.28. The van der Waals surface area contributed by atoms with E-state index in [1.165, 1.54) is 10.9 Å². The Morgan fingerprint density at radius 3 is 2.75 bits per heavy atom. The minimum Gasteiger partial charge on any atom is -0.373 e. The van der Waals surface area contributed by atoms with Crippen LogP contribution >= 0.6 is 0 Å². The summed E-state index contributed by atoms with van der Waals surface area (Å²) in [7, 11) is 1.98. The van der Waals surface area contributed by atoms with Gasteiger partial charge < -0.3 is 15.0 Å². The van der Waals surface area contributed by atoms with Crippen molar-refractivity contribution in [1.29, 1.82) is 0 Å². The average molecular weight is 344 g/mol. The van der Waals surface area contributed by atoms with Crippen molar-refractivity contribution in [3.05, 3.63) is 17.5 Å². The lowest BCUT2D eigenvalue weighted by molar-refractivity contribution is -0.0342. The van der Waals surface area contributed by atoms with E-state index in [0.717, 1.165) is 6.54 Å². The molecule has 2 heterocycles. The van der Waals surface area contributed by atoms with Crippen molar-refractivity contribution in [3.63, 3.8) is 0 Å². The number of carbonyl (C=O) groups is 1. The van der Waals surface area contributed by atoms with Crippen molar-refractivity contribution in [2.45, 2.75) is 45.9 Å². The smallest absolute Gasteiger partial charge is 0.272 e. The molecule has 8 heteroatoms. The Balaban J connectivity index is 2.09. The van der Waals surface area contributed by atoms with Gasteiger partial charge in [-0.15, -0.1) is 0 Å². The van der Waals surface area contributed by atoms with Crippen LogP contribution in [0.5, 0.6) is 0 Å². The molecule has 1 aromatic heterocycles. The highest BCUT2D eigenvalue weighted by atomic mass is 19.3. The molecule has 0 saturated carbocycles. The SMILES string of the molecule is CC(C)Cn1cc(C(F)F)c(C(=O)N[C@@H](C)[C@@H]2CN(C)CCO2)n1. The number of aromatic nitrogens is 2. The largest absolute Gasteiger partial charge is 0.373 e. The molecule has 1 amide bonds. The van der Waals surface area contributed by atoms with Gasteiger partial charge in [0, 0.05) is 25.8 Å². The summed E-state index contributed by atoms with van der Waals surface area (Å²) in [6, 6.07) is -0.291. The Hall–Kier alpha value is -1.54. The molecular weight excluding hydrogens is 318 g/mol. The molecule has 2 atom stereocenters. The fraction of sp³-hybridized carbons (Fsp3) is 0.750. The first-order valence-corrected chi connectivity index (χ1v) is 8.24. The van der Waals surface area contributed by atoms with Gasteiger partial charge in [-0.25, -0.2) is 8.78 Å². The third-order valence-electron chi connectivity index (χ3n) is 4.01. The summed E-state index contributed by atoms with van der Waals surface area (Å²) < 4.78 is 33.5. The van der Waals surface area contributed by atoms with Gasteiger partial charge in [-0.1, -0.05) is 13.8 Å². The van der Waals surface area contributed by atoms with E-state index < -0.39 is 12.3 Å². The van der Waals surface area contributed by atoms with Crippen molar-refractivity contribution < 1.29 is 18.3 Å². The quantitative estimate of drug-likeness (QED) is 0.857. The summed E-state index contributed by atoms with van der Waals surface area (Å²) in [5.41, 5.74) is -0.538. The predicted octanol–water partition coefficient (Wildman–Crippen LogP) is 1.93. The second-order valence-corrected chi connectivity index (χ2v) is 6.78. The molecule has 0 unspecified atom stereocenters. The Morgan fingerprint density at radius 2 is 2.17 bits per heavy atom. The molecule has 1 aliphatic heterocycles. The van der Waals surface area contributed by atoms with Gasteiger partial charge >= 0.3 is 0 Å². The minimum atomic E-state index is -2.74. The number of likely N-dealkylation sites (N-methyl/N-ethyl adjacent to an activating group) is 1. The van der Waals surface area contributed by atoms with E-state index in [4.69, 9.17) is 4.74 Å². The van der Waals surface area contributed by atoms with Crippen LogP contribution in [0, 0.1) is 5.92 Å². The number of ether oxygens (including phenoxy) is 1. The molecule has 1 aromatic rings. The molecule has 6 nitrogen and oxygen atoms in total. The maximum absolute atomic E-state index is 13.2. The molecule has 0 aromatic carbocycles. The van der Waals surface area contributed by atoms with Crippen LogP contribution in [-0.2, 0) is 11.3 Å². The van der Waals surface area contributed by atoms with Gasteiger partial charge in [0.1, 0.15) is 0 Å². The highest BCUT2D eigenvalue weighted by Gasteiger charge is 2.28. The van der Waals surface area contributed by atoms with Gasteiger partial charge in [0.25, 0.3) is 12.3 Å². The standard InChI is InChI=1S/C16H26F2N4O2/c1-10(2)7-22-8-12(15(17)18)14(20-22)16(23)19-11(3)13-9-21(4)5-6-24-13/h8,10-11,13,15H,5-7,9H2,1-4H3,(H,19,23)/t11-,13-/m0/s1. The lowest BCUT2D eigenvalue weighted by Gasteiger charge is -2.33. The molecular formula is C16H26F2N4O2. The molecule has 0 spiro atoms. The zero-order valence-electron chi connectivity index (χ0n) is 14.6. The predicted molar refractivity (Wildman–Crippen MR) is 86.2 cm³/mol. The van der Waals surface area contributed by atoms with Gasteiger partial charge in [-0.3, -0.25) is 9.48 Å². The summed E-state index contributed by atoms with van der Waals surface area (Å²) >= 11 is 0. The first-order valence-electron chi connectivity index (χ1n) is 8.24. The number of hydrogen-bond donors (Lipinski definition) is 1. The fourth-order valence-electron chi connectivity index (χ4n) is 2.72. The molecule has 1 N–H and O–H groups in total. The number of nitrogens with zero attached hydrogens (tertiary/aromatic N) is 3. The molecule has 136 valence electrons. The van der Waals surface area contributed by atoms with Crippen LogP contribution in [0.2, 0.25) is 0 Å². The lowest BCUT2D eigenvalue weighted by atomic mass is 10.1. The minimum absolute atomic E-state index is 0.166. The highest BCUT2D eigenvalue weighted by Crippen LogP contribution is 2.23. The molecule has 0 bridgehead atoms.